The molecular formula is C40H32N8+4. The summed E-state index contributed by atoms with van der Waals surface area (Å²) in [6, 6.07) is 28.6. The van der Waals surface area contributed by atoms with Crippen LogP contribution in [-0.4, -0.2) is 16.4 Å². The lowest BCUT2D eigenvalue weighted by Crippen LogP contribution is -2.46. The lowest BCUT2D eigenvalue weighted by atomic mass is 10.1. The first-order valence-corrected chi connectivity index (χ1v) is 16.1. The number of pyridine rings is 4. The van der Waals surface area contributed by atoms with E-state index >= 15 is 0 Å². The zero-order valence-corrected chi connectivity index (χ0v) is 26.1. The molecule has 0 fully saturated rings. The van der Waals surface area contributed by atoms with E-state index in [1.165, 1.54) is 0 Å². The number of hydrogen-bond donors (Lipinski definition) is 2. The van der Waals surface area contributed by atoms with Crippen LogP contribution in [-0.2, 0) is 0 Å². The van der Waals surface area contributed by atoms with Gasteiger partial charge in [-0.25, -0.2) is 9.98 Å². The van der Waals surface area contributed by atoms with Crippen molar-refractivity contribution in [2.45, 2.75) is 12.5 Å². The third kappa shape index (κ3) is 4.87. The predicted octanol–water partition coefficient (Wildman–Crippen LogP) is 4.62. The van der Waals surface area contributed by atoms with Crippen LogP contribution in [0.4, 0.5) is 0 Å². The molecule has 0 aromatic carbocycles. The van der Waals surface area contributed by atoms with Crippen molar-refractivity contribution in [3.63, 3.8) is 0 Å². The van der Waals surface area contributed by atoms with E-state index in [4.69, 9.17) is 9.98 Å². The minimum atomic E-state index is -0.161. The number of aromatic amines is 1. The summed E-state index contributed by atoms with van der Waals surface area (Å²) in [5.74, 6) is 0. The van der Waals surface area contributed by atoms with Gasteiger partial charge in [0, 0.05) is 55.0 Å². The van der Waals surface area contributed by atoms with Gasteiger partial charge in [0.25, 0.3) is 17.1 Å². The third-order valence-corrected chi connectivity index (χ3v) is 8.87. The fourth-order valence-electron chi connectivity index (χ4n) is 6.74. The lowest BCUT2D eigenvalue weighted by molar-refractivity contribution is -0.698. The van der Waals surface area contributed by atoms with E-state index in [1.807, 2.05) is 48.5 Å². The topological polar surface area (TPSA) is 68.1 Å². The summed E-state index contributed by atoms with van der Waals surface area (Å²) in [5, 5.41) is 3.84. The molecule has 1 atom stereocenters. The van der Waals surface area contributed by atoms with Crippen LogP contribution in [0.15, 0.2) is 198 Å². The van der Waals surface area contributed by atoms with Crippen molar-refractivity contribution in [2.24, 2.45) is 9.98 Å². The van der Waals surface area contributed by atoms with Crippen molar-refractivity contribution >= 4 is 28.5 Å². The molecule has 4 aliphatic heterocycles. The normalized spacial score (nSPS) is 22.8. The van der Waals surface area contributed by atoms with Crippen molar-refractivity contribution in [3.05, 3.63) is 199 Å². The molecule has 8 heteroatoms. The van der Waals surface area contributed by atoms with Crippen LogP contribution in [0.1, 0.15) is 23.9 Å². The van der Waals surface area contributed by atoms with Crippen LogP contribution >= 0.6 is 0 Å². The number of nitrogens with one attached hydrogen (secondary N) is 2. The van der Waals surface area contributed by atoms with E-state index in [1.54, 1.807) is 0 Å². The second-order valence-corrected chi connectivity index (χ2v) is 11.8. The van der Waals surface area contributed by atoms with Gasteiger partial charge in [0.2, 0.25) is 6.04 Å². The summed E-state index contributed by atoms with van der Waals surface area (Å²) in [5.41, 5.74) is 10.5. The van der Waals surface area contributed by atoms with E-state index in [0.717, 1.165) is 69.1 Å². The van der Waals surface area contributed by atoms with Crippen LogP contribution in [0.25, 0.3) is 17.1 Å². The number of hydrogen-bond acceptors (Lipinski definition) is 3. The molecule has 2 N–H and O–H groups in total. The molecule has 4 aliphatic rings. The Morgan fingerprint density at radius 2 is 1.06 bits per heavy atom. The minimum Gasteiger partial charge on any atom is -0.351 e. The predicted molar refractivity (Wildman–Crippen MR) is 183 cm³/mol. The fraction of sp³-hybridized carbons (Fsp3) is 0.0500. The number of rotatable bonds is 4. The number of fused-ring (bicyclic) bond motifs is 6. The Hall–Kier alpha value is -6.54. The van der Waals surface area contributed by atoms with Gasteiger partial charge < -0.3 is 10.3 Å². The maximum absolute atomic E-state index is 5.35. The molecule has 8 bridgehead atoms. The largest absolute Gasteiger partial charge is 0.351 e. The van der Waals surface area contributed by atoms with Gasteiger partial charge in [0.1, 0.15) is 34.2 Å². The monoisotopic (exact) mass is 624 g/mol. The quantitative estimate of drug-likeness (QED) is 0.282. The zero-order valence-electron chi connectivity index (χ0n) is 26.1. The van der Waals surface area contributed by atoms with E-state index in [9.17, 15) is 0 Å². The molecule has 0 saturated heterocycles. The summed E-state index contributed by atoms with van der Waals surface area (Å²) in [7, 11) is 0. The fourth-order valence-corrected chi connectivity index (χ4v) is 6.74. The van der Waals surface area contributed by atoms with E-state index in [-0.39, 0.29) is 6.04 Å². The van der Waals surface area contributed by atoms with Gasteiger partial charge >= 0.3 is 0 Å². The maximum atomic E-state index is 5.35. The highest BCUT2D eigenvalue weighted by Gasteiger charge is 2.37. The van der Waals surface area contributed by atoms with Crippen LogP contribution in [0.3, 0.4) is 0 Å². The Morgan fingerprint density at radius 1 is 0.542 bits per heavy atom. The molecule has 9 rings (SSSR count). The summed E-state index contributed by atoms with van der Waals surface area (Å²) < 4.78 is 8.61. The molecule has 0 radical (unpaired) electrons. The molecular weight excluding hydrogens is 592 g/mol. The molecule has 5 aromatic heterocycles. The Balaban J connectivity index is 1.33. The third-order valence-electron chi connectivity index (χ3n) is 8.87. The van der Waals surface area contributed by atoms with Gasteiger partial charge in [-0.15, -0.1) is 0 Å². The Kier molecular flexibility index (Phi) is 6.75. The highest BCUT2D eigenvalue weighted by Crippen LogP contribution is 2.31. The summed E-state index contributed by atoms with van der Waals surface area (Å²) >= 11 is 0. The van der Waals surface area contributed by atoms with Gasteiger partial charge in [-0.05, 0) is 36.4 Å². The molecule has 228 valence electrons. The number of aliphatic imine (C=N–C) groups is 2. The van der Waals surface area contributed by atoms with Crippen molar-refractivity contribution in [3.8, 4) is 0 Å². The summed E-state index contributed by atoms with van der Waals surface area (Å²) in [6.45, 7) is 0. The average Bonchev–Trinajstić information content (AvgIpc) is 3.98. The second-order valence-electron chi connectivity index (χ2n) is 11.8. The van der Waals surface area contributed by atoms with E-state index < -0.39 is 0 Å². The molecule has 0 spiro atoms. The van der Waals surface area contributed by atoms with Crippen molar-refractivity contribution < 1.29 is 18.3 Å². The van der Waals surface area contributed by atoms with Crippen LogP contribution in [0.2, 0.25) is 0 Å². The highest BCUT2D eigenvalue weighted by atomic mass is 15.1. The first-order chi connectivity index (χ1) is 23.8. The van der Waals surface area contributed by atoms with Crippen LogP contribution in [0.5, 0.6) is 0 Å². The lowest BCUT2D eigenvalue weighted by Gasteiger charge is -2.15. The Labute approximate surface area is 278 Å². The van der Waals surface area contributed by atoms with E-state index in [0.29, 0.717) is 0 Å². The minimum absolute atomic E-state index is 0.161. The van der Waals surface area contributed by atoms with Gasteiger partial charge in [0.15, 0.2) is 49.6 Å². The second kappa shape index (κ2) is 11.7. The number of nitrogens with zero attached hydrogens (tertiary/aromatic N) is 6. The molecule has 0 amide bonds. The molecule has 8 nitrogen and oxygen atoms in total. The highest BCUT2D eigenvalue weighted by molar-refractivity contribution is 6.24. The number of allylic oxidation sites excluding steroid dienone is 7. The molecule has 0 saturated carbocycles. The SMILES string of the molecule is C1=C/C2=C(\[n+]3ccccc3)c3ccc([nH]3)/C([n+]3ccccc3)=C3/C=CC(=N3)C([n+]3ccccc3)C3=CC/C(=C(\[n+]4ccccc4)C1=N2)N3. The van der Waals surface area contributed by atoms with Crippen molar-refractivity contribution in [1.82, 2.24) is 10.3 Å². The first kappa shape index (κ1) is 27.7. The maximum Gasteiger partial charge on any atom is 0.260 e. The molecule has 48 heavy (non-hydrogen) atoms. The van der Waals surface area contributed by atoms with Crippen LogP contribution in [0, 0.1) is 0 Å². The molecule has 0 aliphatic carbocycles. The van der Waals surface area contributed by atoms with Gasteiger partial charge in [0.05, 0.1) is 11.4 Å². The number of aromatic nitrogens is 5. The summed E-state index contributed by atoms with van der Waals surface area (Å²) in [4.78, 5) is 14.4. The van der Waals surface area contributed by atoms with E-state index in [2.05, 4.69) is 145 Å². The molecule has 9 heterocycles. The van der Waals surface area contributed by atoms with Crippen molar-refractivity contribution in [1.29, 1.82) is 0 Å². The number of H-pyrrole nitrogens is 1. The smallest absolute Gasteiger partial charge is 0.260 e. The first-order valence-electron chi connectivity index (χ1n) is 16.1. The summed E-state index contributed by atoms with van der Waals surface area (Å²) in [6.07, 6.45) is 28.1. The molecule has 1 unspecified atom stereocenters. The molecule has 5 aromatic rings. The average molecular weight is 625 g/mol. The van der Waals surface area contributed by atoms with Gasteiger partial charge in [-0.2, -0.15) is 18.3 Å². The van der Waals surface area contributed by atoms with Gasteiger partial charge in [-0.1, -0.05) is 30.3 Å². The van der Waals surface area contributed by atoms with Crippen molar-refractivity contribution in [2.75, 3.05) is 0 Å². The van der Waals surface area contributed by atoms with Crippen LogP contribution < -0.4 is 23.6 Å². The van der Waals surface area contributed by atoms with Gasteiger partial charge in [-0.3, -0.25) is 0 Å². The Morgan fingerprint density at radius 3 is 1.67 bits per heavy atom. The Bertz CT molecular complexity index is 2300. The zero-order chi connectivity index (χ0) is 31.9. The standard InChI is InChI=1S/C40H32N8/c1-5-21-45(22-6-1)37-29-13-15-31(41-29)38(46-23-7-2-8-24-46)33-17-19-35(43-33)40(48-27-11-4-12-28-48)36-20-18-34(44-36)39(32-16-14-30(37)42-32)47-25-9-3-10-26-47/h1-19,21-28,39,41,44H,20H2/q+4/b37-30+,38-33+,40-36+.